The Labute approximate surface area is 302 Å². The van der Waals surface area contributed by atoms with Gasteiger partial charge in [-0.15, -0.1) is 11.3 Å². The Morgan fingerprint density at radius 3 is 2.22 bits per heavy atom. The average Bonchev–Trinajstić information content (AvgIpc) is 3.57. The number of rotatable bonds is 13. The Morgan fingerprint density at radius 2 is 1.57 bits per heavy atom. The Bertz CT molecular complexity index is 1830. The van der Waals surface area contributed by atoms with E-state index in [0.717, 1.165) is 25.3 Å². The van der Waals surface area contributed by atoms with E-state index in [1.54, 1.807) is 10.6 Å². The number of benzene rings is 3. The molecule has 0 spiro atoms. The molecule has 6 rings (SSSR count). The third kappa shape index (κ3) is 8.03. The lowest BCUT2D eigenvalue weighted by Gasteiger charge is -2.43. The molecule has 1 aliphatic heterocycles. The number of ether oxygens (including phenoxy) is 2. The van der Waals surface area contributed by atoms with E-state index in [1.807, 2.05) is 17.5 Å². The van der Waals surface area contributed by atoms with Crippen LogP contribution in [0.5, 0.6) is 5.75 Å². The summed E-state index contributed by atoms with van der Waals surface area (Å²) in [6, 6.07) is 29.9. The van der Waals surface area contributed by atoms with Crippen molar-refractivity contribution in [3.8, 4) is 5.75 Å². The SMILES string of the molecule is CN1C[C@H](Nc2nc3sccn3c(=O)c2Br)C[C@H](c2ccc(OCCOCCO[Si](c3ccccc3)(c3ccccc3)C(C)(C)C)cc2)C1. The fourth-order valence-corrected chi connectivity index (χ4v) is 12.6. The normalized spacial score (nSPS) is 17.3. The van der Waals surface area contributed by atoms with E-state index in [9.17, 15) is 4.79 Å². The van der Waals surface area contributed by atoms with Gasteiger partial charge < -0.3 is 24.1 Å². The molecule has 258 valence electrons. The zero-order chi connectivity index (χ0) is 34.4. The smallest absolute Gasteiger partial charge is 0.275 e. The lowest BCUT2D eigenvalue weighted by molar-refractivity contribution is 0.0741. The summed E-state index contributed by atoms with van der Waals surface area (Å²) in [6.07, 6.45) is 2.69. The summed E-state index contributed by atoms with van der Waals surface area (Å²) in [6.45, 7) is 10.7. The summed E-state index contributed by atoms with van der Waals surface area (Å²) in [5, 5.41) is 7.89. The number of hydrogen-bond donors (Lipinski definition) is 1. The lowest BCUT2D eigenvalue weighted by Crippen LogP contribution is -2.66. The number of thiazole rings is 1. The van der Waals surface area contributed by atoms with Gasteiger partial charge >= 0.3 is 0 Å². The maximum atomic E-state index is 12.7. The average molecular weight is 762 g/mol. The highest BCUT2D eigenvalue weighted by atomic mass is 79.9. The number of anilines is 1. The molecule has 11 heteroatoms. The second-order valence-corrected chi connectivity index (χ2v) is 19.6. The summed E-state index contributed by atoms with van der Waals surface area (Å²) in [5.41, 5.74) is 1.17. The predicted octanol–water partition coefficient (Wildman–Crippen LogP) is 6.39. The van der Waals surface area contributed by atoms with Gasteiger partial charge in [-0.3, -0.25) is 9.20 Å². The minimum atomic E-state index is -2.57. The van der Waals surface area contributed by atoms with Gasteiger partial charge in [0.05, 0.1) is 19.8 Å². The van der Waals surface area contributed by atoms with E-state index in [2.05, 4.69) is 127 Å². The van der Waals surface area contributed by atoms with E-state index < -0.39 is 8.32 Å². The molecule has 0 saturated carbocycles. The fraction of sp³-hybridized carbons (Fsp3) is 0.368. The summed E-state index contributed by atoms with van der Waals surface area (Å²) in [4.78, 5) is 20.5. The third-order valence-corrected chi connectivity index (χ3v) is 15.7. The van der Waals surface area contributed by atoms with Crippen molar-refractivity contribution in [1.29, 1.82) is 0 Å². The van der Waals surface area contributed by atoms with Gasteiger partial charge in [0.2, 0.25) is 0 Å². The first-order valence-electron chi connectivity index (χ1n) is 16.8. The molecule has 0 radical (unpaired) electrons. The monoisotopic (exact) mass is 760 g/mol. The Kier molecular flexibility index (Phi) is 11.4. The second kappa shape index (κ2) is 15.7. The molecule has 1 saturated heterocycles. The number of likely N-dealkylation sites (tertiary alicyclic amines) is 1. The molecule has 2 atom stereocenters. The summed E-state index contributed by atoms with van der Waals surface area (Å²) < 4.78 is 21.0. The van der Waals surface area contributed by atoms with Gasteiger partial charge in [-0.25, -0.2) is 4.98 Å². The number of fused-ring (bicyclic) bond motifs is 1. The van der Waals surface area contributed by atoms with Crippen molar-refractivity contribution in [2.45, 2.75) is 44.2 Å². The number of piperidine rings is 1. The third-order valence-electron chi connectivity index (χ3n) is 9.20. The van der Waals surface area contributed by atoms with Crippen molar-refractivity contribution in [2.24, 2.45) is 0 Å². The molecule has 0 bridgehead atoms. The van der Waals surface area contributed by atoms with Gasteiger partial charge in [0.1, 0.15) is 22.6 Å². The molecule has 3 heterocycles. The Hall–Kier alpha value is -3.32. The van der Waals surface area contributed by atoms with E-state index in [4.69, 9.17) is 18.9 Å². The first kappa shape index (κ1) is 35.5. The second-order valence-electron chi connectivity index (χ2n) is 13.7. The van der Waals surface area contributed by atoms with Gasteiger partial charge in [0, 0.05) is 30.7 Å². The van der Waals surface area contributed by atoms with Crippen LogP contribution in [0.4, 0.5) is 5.82 Å². The molecule has 0 aliphatic carbocycles. The van der Waals surface area contributed by atoms with Crippen LogP contribution >= 0.6 is 27.3 Å². The Balaban J connectivity index is 0.992. The number of nitrogens with one attached hydrogen (secondary N) is 1. The summed E-state index contributed by atoms with van der Waals surface area (Å²) in [7, 11) is -0.431. The van der Waals surface area contributed by atoms with Crippen LogP contribution in [-0.4, -0.2) is 75.2 Å². The first-order valence-corrected chi connectivity index (χ1v) is 20.4. The number of likely N-dealkylation sites (N-methyl/N-ethyl adjacent to an activating group) is 1. The number of aromatic nitrogens is 2. The van der Waals surface area contributed by atoms with Gasteiger partial charge in [-0.1, -0.05) is 93.6 Å². The molecular formula is C38H45BrN4O4SSi. The molecule has 1 aliphatic rings. The standard InChI is InChI=1S/C38H45BrN4O4SSi/c1-38(2,3)49(32-11-7-5-8-12-32,33-13-9-6-10-14-33)47-23-21-45-20-22-46-31-17-15-28(16-18-31)29-25-30(27-42(4)26-29)40-35-34(39)36(44)43-19-24-48-37(43)41-35/h5-19,24,29-30,40H,20-23,25-27H2,1-4H3/t29-,30+/m0/s1. The van der Waals surface area contributed by atoms with Crippen LogP contribution in [0.2, 0.25) is 5.04 Å². The highest BCUT2D eigenvalue weighted by Crippen LogP contribution is 2.36. The molecule has 3 aromatic carbocycles. The highest BCUT2D eigenvalue weighted by molar-refractivity contribution is 9.10. The van der Waals surface area contributed by atoms with Crippen LogP contribution in [0.1, 0.15) is 38.7 Å². The number of hydrogen-bond acceptors (Lipinski definition) is 8. The zero-order valence-corrected chi connectivity index (χ0v) is 32.0. The molecule has 0 amide bonds. The maximum absolute atomic E-state index is 12.7. The summed E-state index contributed by atoms with van der Waals surface area (Å²) >= 11 is 4.92. The molecule has 0 unspecified atom stereocenters. The van der Waals surface area contributed by atoms with Crippen LogP contribution in [0.3, 0.4) is 0 Å². The molecule has 8 nitrogen and oxygen atoms in total. The largest absolute Gasteiger partial charge is 0.491 e. The summed E-state index contributed by atoms with van der Waals surface area (Å²) in [5.74, 6) is 1.77. The van der Waals surface area contributed by atoms with Crippen molar-refractivity contribution in [2.75, 3.05) is 51.9 Å². The van der Waals surface area contributed by atoms with Crippen LogP contribution in [0, 0.1) is 0 Å². The molecule has 49 heavy (non-hydrogen) atoms. The van der Waals surface area contributed by atoms with Crippen molar-refractivity contribution in [3.05, 3.63) is 117 Å². The van der Waals surface area contributed by atoms with Crippen molar-refractivity contribution in [1.82, 2.24) is 14.3 Å². The van der Waals surface area contributed by atoms with E-state index in [0.29, 0.717) is 47.6 Å². The van der Waals surface area contributed by atoms with Crippen molar-refractivity contribution >= 4 is 56.7 Å². The van der Waals surface area contributed by atoms with Gasteiger partial charge in [0.25, 0.3) is 13.9 Å². The van der Waals surface area contributed by atoms with Crippen molar-refractivity contribution < 1.29 is 13.9 Å². The Morgan fingerprint density at radius 1 is 0.918 bits per heavy atom. The van der Waals surface area contributed by atoms with Gasteiger partial charge in [-0.05, 0) is 68.4 Å². The molecule has 1 N–H and O–H groups in total. The predicted molar refractivity (Wildman–Crippen MR) is 206 cm³/mol. The van der Waals surface area contributed by atoms with Gasteiger partial charge in [0.15, 0.2) is 4.96 Å². The van der Waals surface area contributed by atoms with Crippen LogP contribution in [0.15, 0.2) is 106 Å². The van der Waals surface area contributed by atoms with E-state index in [1.165, 1.54) is 27.3 Å². The maximum Gasteiger partial charge on any atom is 0.275 e. The van der Waals surface area contributed by atoms with Crippen LogP contribution in [-0.2, 0) is 9.16 Å². The van der Waals surface area contributed by atoms with Gasteiger partial charge in [-0.2, -0.15) is 0 Å². The number of halogens is 1. The zero-order valence-electron chi connectivity index (χ0n) is 28.6. The fourth-order valence-electron chi connectivity index (χ4n) is 6.99. The number of nitrogens with zero attached hydrogens (tertiary/aromatic N) is 3. The van der Waals surface area contributed by atoms with E-state index >= 15 is 0 Å². The molecule has 5 aromatic rings. The topological polar surface area (TPSA) is 77.3 Å². The minimum absolute atomic E-state index is 0.0657. The first-order chi connectivity index (χ1) is 23.7. The lowest BCUT2D eigenvalue weighted by atomic mass is 9.88. The van der Waals surface area contributed by atoms with Crippen LogP contribution < -0.4 is 26.0 Å². The molecule has 1 fully saturated rings. The molecule has 2 aromatic heterocycles. The highest BCUT2D eigenvalue weighted by Gasteiger charge is 2.50. The quantitative estimate of drug-likeness (QED) is 0.110. The minimum Gasteiger partial charge on any atom is -0.491 e. The van der Waals surface area contributed by atoms with E-state index in [-0.39, 0.29) is 16.6 Å². The molecular weight excluding hydrogens is 716 g/mol. The van der Waals surface area contributed by atoms with Crippen LogP contribution in [0.25, 0.3) is 4.96 Å². The van der Waals surface area contributed by atoms with Crippen molar-refractivity contribution in [3.63, 3.8) is 0 Å².